The Hall–Kier alpha value is -1.84. The van der Waals surface area contributed by atoms with Crippen molar-refractivity contribution in [3.05, 3.63) is 35.5 Å². The van der Waals surface area contributed by atoms with Gasteiger partial charge in [0.1, 0.15) is 11.2 Å². The second-order valence-corrected chi connectivity index (χ2v) is 9.63. The van der Waals surface area contributed by atoms with Gasteiger partial charge in [-0.15, -0.1) is 0 Å². The first-order valence-electron chi connectivity index (χ1n) is 9.21. The Kier molecular flexibility index (Phi) is 7.03. The molecule has 0 spiro atoms. The lowest BCUT2D eigenvalue weighted by molar-refractivity contribution is -0.149. The van der Waals surface area contributed by atoms with Crippen LogP contribution in [0.3, 0.4) is 0 Å². The van der Waals surface area contributed by atoms with Crippen LogP contribution in [0, 0.1) is 5.41 Å². The Morgan fingerprint density at radius 2 is 1.27 bits per heavy atom. The minimum absolute atomic E-state index is 0.164. The van der Waals surface area contributed by atoms with E-state index in [-0.39, 0.29) is 17.4 Å². The van der Waals surface area contributed by atoms with Crippen molar-refractivity contribution in [1.82, 2.24) is 0 Å². The van der Waals surface area contributed by atoms with Gasteiger partial charge in [0.05, 0.1) is 0 Å². The zero-order chi connectivity index (χ0) is 20.2. The molecule has 0 aromatic heterocycles. The number of hydrogen-bond donors (Lipinski definition) is 0. The Bertz CT molecular complexity index is 620. The number of carbonyl (C=O) groups is 2. The summed E-state index contributed by atoms with van der Waals surface area (Å²) in [6.07, 6.45) is 9.33. The van der Waals surface area contributed by atoms with Gasteiger partial charge in [0.15, 0.2) is 0 Å². The summed E-state index contributed by atoms with van der Waals surface area (Å²) in [7, 11) is 0. The van der Waals surface area contributed by atoms with Crippen molar-refractivity contribution in [3.8, 4) is 0 Å². The Morgan fingerprint density at radius 3 is 1.69 bits per heavy atom. The van der Waals surface area contributed by atoms with E-state index in [1.165, 1.54) is 12.2 Å². The van der Waals surface area contributed by atoms with Crippen LogP contribution in [0.25, 0.3) is 0 Å². The highest BCUT2D eigenvalue weighted by molar-refractivity contribution is 5.84. The SMILES string of the molecule is CC1(C)CCC(/C=C/C(=O)OC(C)(C)C)=C(/C=C/C(=O)OC(C)(C)C)C1. The molecule has 0 saturated carbocycles. The highest BCUT2D eigenvalue weighted by atomic mass is 16.6. The maximum atomic E-state index is 12.0. The van der Waals surface area contributed by atoms with Gasteiger partial charge >= 0.3 is 11.9 Å². The van der Waals surface area contributed by atoms with Crippen molar-refractivity contribution in [2.24, 2.45) is 5.41 Å². The second kappa shape index (κ2) is 8.24. The van der Waals surface area contributed by atoms with Crippen LogP contribution in [0.15, 0.2) is 35.5 Å². The average molecular weight is 363 g/mol. The van der Waals surface area contributed by atoms with Crippen LogP contribution in [0.2, 0.25) is 0 Å². The van der Waals surface area contributed by atoms with Crippen molar-refractivity contribution in [3.63, 3.8) is 0 Å². The average Bonchev–Trinajstić information content (AvgIpc) is 2.39. The van der Waals surface area contributed by atoms with Gasteiger partial charge in [-0.05, 0) is 77.4 Å². The lowest BCUT2D eigenvalue weighted by atomic mass is 9.74. The second-order valence-electron chi connectivity index (χ2n) is 9.63. The van der Waals surface area contributed by atoms with Crippen molar-refractivity contribution >= 4 is 11.9 Å². The topological polar surface area (TPSA) is 52.6 Å². The zero-order valence-electron chi connectivity index (χ0n) is 17.6. The van der Waals surface area contributed by atoms with E-state index in [0.29, 0.717) is 0 Å². The maximum Gasteiger partial charge on any atom is 0.331 e. The number of carbonyl (C=O) groups excluding carboxylic acids is 2. The summed E-state index contributed by atoms with van der Waals surface area (Å²) in [5.41, 5.74) is 1.27. The number of esters is 2. The van der Waals surface area contributed by atoms with Crippen LogP contribution in [-0.4, -0.2) is 23.1 Å². The highest BCUT2D eigenvalue weighted by Crippen LogP contribution is 2.39. The van der Waals surface area contributed by atoms with Gasteiger partial charge in [-0.1, -0.05) is 26.0 Å². The largest absolute Gasteiger partial charge is 0.457 e. The molecule has 0 heterocycles. The fourth-order valence-corrected chi connectivity index (χ4v) is 2.72. The summed E-state index contributed by atoms with van der Waals surface area (Å²) >= 11 is 0. The van der Waals surface area contributed by atoms with E-state index in [1.807, 2.05) is 53.7 Å². The van der Waals surface area contributed by atoms with Gasteiger partial charge in [0, 0.05) is 12.2 Å². The van der Waals surface area contributed by atoms with Crippen LogP contribution in [0.4, 0.5) is 0 Å². The normalized spacial score (nSPS) is 18.5. The van der Waals surface area contributed by atoms with Gasteiger partial charge < -0.3 is 9.47 Å². The first-order chi connectivity index (χ1) is 11.7. The third kappa shape index (κ3) is 9.02. The predicted molar refractivity (Wildman–Crippen MR) is 105 cm³/mol. The minimum Gasteiger partial charge on any atom is -0.457 e. The van der Waals surface area contributed by atoms with Gasteiger partial charge in [-0.25, -0.2) is 9.59 Å². The maximum absolute atomic E-state index is 12.0. The molecule has 4 heteroatoms. The summed E-state index contributed by atoms with van der Waals surface area (Å²) in [5, 5.41) is 0. The molecular weight excluding hydrogens is 328 g/mol. The van der Waals surface area contributed by atoms with Gasteiger partial charge in [-0.3, -0.25) is 0 Å². The van der Waals surface area contributed by atoms with Crippen LogP contribution in [-0.2, 0) is 19.1 Å². The van der Waals surface area contributed by atoms with E-state index in [1.54, 1.807) is 0 Å². The lowest BCUT2D eigenvalue weighted by Gasteiger charge is -2.31. The molecule has 0 unspecified atom stereocenters. The third-order valence-electron chi connectivity index (χ3n) is 3.81. The standard InChI is InChI=1S/C22H34O4/c1-20(2,3)25-18(23)11-9-16-13-14-22(7,8)15-17(16)10-12-19(24)26-21(4,5)6/h9-12H,13-15H2,1-8H3/b11-9+,12-10+. The van der Waals surface area contributed by atoms with Gasteiger partial charge in [0.25, 0.3) is 0 Å². The smallest absolute Gasteiger partial charge is 0.331 e. The lowest BCUT2D eigenvalue weighted by Crippen LogP contribution is -2.23. The summed E-state index contributed by atoms with van der Waals surface area (Å²) in [6.45, 7) is 15.5. The Balaban J connectivity index is 2.98. The molecule has 0 bridgehead atoms. The molecule has 26 heavy (non-hydrogen) atoms. The molecule has 0 fully saturated rings. The fourth-order valence-electron chi connectivity index (χ4n) is 2.72. The van der Waals surface area contributed by atoms with E-state index in [2.05, 4.69) is 13.8 Å². The van der Waals surface area contributed by atoms with Crippen molar-refractivity contribution < 1.29 is 19.1 Å². The van der Waals surface area contributed by atoms with Gasteiger partial charge in [0.2, 0.25) is 0 Å². The molecule has 0 saturated heterocycles. The van der Waals surface area contributed by atoms with E-state index in [4.69, 9.17) is 9.47 Å². The molecule has 0 aromatic rings. The van der Waals surface area contributed by atoms with Crippen molar-refractivity contribution in [2.45, 2.75) is 85.9 Å². The first-order valence-corrected chi connectivity index (χ1v) is 9.21. The summed E-state index contributed by atoms with van der Waals surface area (Å²) in [4.78, 5) is 23.9. The molecule has 1 rings (SSSR count). The summed E-state index contributed by atoms with van der Waals surface area (Å²) < 4.78 is 10.6. The van der Waals surface area contributed by atoms with Crippen LogP contribution in [0.1, 0.15) is 74.7 Å². The Morgan fingerprint density at radius 1 is 0.846 bits per heavy atom. The third-order valence-corrected chi connectivity index (χ3v) is 3.81. The van der Waals surface area contributed by atoms with E-state index in [9.17, 15) is 9.59 Å². The van der Waals surface area contributed by atoms with Gasteiger partial charge in [-0.2, -0.15) is 0 Å². The quantitative estimate of drug-likeness (QED) is 0.504. The molecular formula is C22H34O4. The number of rotatable bonds is 4. The number of hydrogen-bond acceptors (Lipinski definition) is 4. The number of ether oxygens (including phenoxy) is 2. The van der Waals surface area contributed by atoms with E-state index in [0.717, 1.165) is 30.4 Å². The molecule has 0 amide bonds. The van der Waals surface area contributed by atoms with Crippen LogP contribution >= 0.6 is 0 Å². The van der Waals surface area contributed by atoms with Crippen molar-refractivity contribution in [2.75, 3.05) is 0 Å². The number of allylic oxidation sites excluding steroid dienone is 4. The van der Waals surface area contributed by atoms with E-state index < -0.39 is 11.2 Å². The first kappa shape index (κ1) is 22.2. The molecule has 0 atom stereocenters. The minimum atomic E-state index is -0.513. The summed E-state index contributed by atoms with van der Waals surface area (Å²) in [6, 6.07) is 0. The van der Waals surface area contributed by atoms with Crippen LogP contribution in [0.5, 0.6) is 0 Å². The molecule has 1 aliphatic carbocycles. The monoisotopic (exact) mass is 362 g/mol. The van der Waals surface area contributed by atoms with Crippen LogP contribution < -0.4 is 0 Å². The zero-order valence-corrected chi connectivity index (χ0v) is 17.6. The molecule has 1 aliphatic rings. The molecule has 4 nitrogen and oxygen atoms in total. The summed E-state index contributed by atoms with van der Waals surface area (Å²) in [5.74, 6) is -0.714. The van der Waals surface area contributed by atoms with Crippen molar-refractivity contribution in [1.29, 1.82) is 0 Å². The fraction of sp³-hybridized carbons (Fsp3) is 0.636. The molecule has 0 aliphatic heterocycles. The molecule has 0 N–H and O–H groups in total. The molecule has 146 valence electrons. The van der Waals surface area contributed by atoms with E-state index >= 15 is 0 Å². The molecule has 0 aromatic carbocycles. The predicted octanol–water partition coefficient (Wildman–Crippen LogP) is 5.29. The Labute approximate surface area is 158 Å². The molecule has 0 radical (unpaired) electrons. The highest BCUT2D eigenvalue weighted by Gasteiger charge is 2.25.